The first-order chi connectivity index (χ1) is 21.8. The highest BCUT2D eigenvalue weighted by molar-refractivity contribution is 5.80. The molecule has 8 rings (SSSR count). The van der Waals surface area contributed by atoms with E-state index in [4.69, 9.17) is 4.42 Å². The Kier molecular flexibility index (Phi) is 26.8. The second-order valence-corrected chi connectivity index (χ2v) is 10.3. The maximum Gasteiger partial charge on any atom is 0.104 e. The standard InChI is InChI=1S/C9H9N.C8H8N2.C6H9N.C5H7N.C5H6O.C4H6N2.5CH4/c1-7-6-8-4-2-3-5-9(8)10-7;1-6-9-7-4-2-3-5-8(7)10-6;1-6-4-2-3-5-7-6;2*1-5-3-2-4-6-5;1-4-5-2-3-6-4;;;;;/h2-6,10H,1H3;2-5H,1H3,(H,9,10);2-4,7H,5H2,1H3;2-4,6H,1H3;2-4H,1H3;2-3H,1H3,(H,5,6);5*1H4. The molecule has 6 heterocycles. The van der Waals surface area contributed by atoms with Crippen molar-refractivity contribution in [3.05, 3.63) is 156 Å². The van der Waals surface area contributed by atoms with E-state index >= 15 is 0 Å². The molecule has 0 saturated carbocycles. The second kappa shape index (κ2) is 27.5. The van der Waals surface area contributed by atoms with E-state index in [1.54, 1.807) is 18.7 Å². The van der Waals surface area contributed by atoms with Crippen molar-refractivity contribution in [1.82, 2.24) is 35.2 Å². The molecule has 0 bridgehead atoms. The minimum absolute atomic E-state index is 0. The Labute approximate surface area is 302 Å². The largest absolute Gasteiger partial charge is 0.470 e. The summed E-state index contributed by atoms with van der Waals surface area (Å²) in [6, 6.07) is 26.2. The Bertz CT molecular complexity index is 1590. The molecule has 0 fully saturated rings. The van der Waals surface area contributed by atoms with Crippen LogP contribution < -0.4 is 5.32 Å². The lowest BCUT2D eigenvalue weighted by Crippen LogP contribution is -2.12. The number of nitrogens with zero attached hydrogens (tertiary/aromatic N) is 2. The van der Waals surface area contributed by atoms with Crippen LogP contribution in [0.3, 0.4) is 0 Å². The summed E-state index contributed by atoms with van der Waals surface area (Å²) >= 11 is 0. The summed E-state index contributed by atoms with van der Waals surface area (Å²) in [6.07, 6.45) is 13.3. The van der Waals surface area contributed by atoms with Crippen LogP contribution in [-0.2, 0) is 0 Å². The molecule has 0 saturated heterocycles. The minimum Gasteiger partial charge on any atom is -0.470 e. The summed E-state index contributed by atoms with van der Waals surface area (Å²) < 4.78 is 4.83. The van der Waals surface area contributed by atoms with E-state index in [0.29, 0.717) is 0 Å². The highest BCUT2D eigenvalue weighted by Crippen LogP contribution is 2.13. The molecule has 8 nitrogen and oxygen atoms in total. The van der Waals surface area contributed by atoms with Gasteiger partial charge in [-0.15, -0.1) is 0 Å². The molecule has 0 spiro atoms. The van der Waals surface area contributed by atoms with Crippen LogP contribution in [0.2, 0.25) is 0 Å². The van der Waals surface area contributed by atoms with Gasteiger partial charge in [0.2, 0.25) is 0 Å². The van der Waals surface area contributed by atoms with Gasteiger partial charge in [0.1, 0.15) is 17.4 Å². The van der Waals surface area contributed by atoms with Gasteiger partial charge in [-0.1, -0.05) is 79.6 Å². The van der Waals surface area contributed by atoms with Gasteiger partial charge < -0.3 is 29.7 Å². The molecule has 1 aliphatic heterocycles. The van der Waals surface area contributed by atoms with Crippen LogP contribution in [-0.4, -0.2) is 36.4 Å². The molecule has 0 unspecified atom stereocenters. The van der Waals surface area contributed by atoms with Gasteiger partial charge in [-0.25, -0.2) is 9.97 Å². The number of aryl methyl sites for hydroxylation is 5. The van der Waals surface area contributed by atoms with Gasteiger partial charge in [0.05, 0.1) is 17.3 Å². The Morgan fingerprint density at radius 3 is 1.74 bits per heavy atom. The molecular formula is C42H65N7O. The molecule has 0 atom stereocenters. The SMILES string of the molecule is C.C.C.C.C.CC1=CC=CCN1.Cc1cc2ccccc2[nH]1.Cc1ccc[nH]1.Cc1ccco1.Cc1nc2ccccc2[nH]1.Cc1ncc[nH]1. The fourth-order valence-corrected chi connectivity index (χ4v) is 3.98. The van der Waals surface area contributed by atoms with Gasteiger partial charge in [-0.3, -0.25) is 0 Å². The number of aromatic nitrogens is 6. The van der Waals surface area contributed by atoms with E-state index < -0.39 is 0 Å². The maximum atomic E-state index is 4.83. The third kappa shape index (κ3) is 19.4. The fourth-order valence-electron chi connectivity index (χ4n) is 3.98. The average Bonchev–Trinajstić information content (AvgIpc) is 3.88. The van der Waals surface area contributed by atoms with E-state index in [0.717, 1.165) is 35.0 Å². The first-order valence-electron chi connectivity index (χ1n) is 14.9. The first kappa shape index (κ1) is 48.9. The van der Waals surface area contributed by atoms with Crippen LogP contribution in [0.4, 0.5) is 0 Å². The number of para-hydroxylation sites is 3. The van der Waals surface area contributed by atoms with Gasteiger partial charge in [0, 0.05) is 47.7 Å². The number of furan rings is 1. The summed E-state index contributed by atoms with van der Waals surface area (Å²) in [4.78, 5) is 20.4. The van der Waals surface area contributed by atoms with Crippen LogP contribution >= 0.6 is 0 Å². The van der Waals surface area contributed by atoms with Gasteiger partial charge in [-0.05, 0) is 102 Å². The lowest BCUT2D eigenvalue weighted by Gasteiger charge is -2.04. The van der Waals surface area contributed by atoms with E-state index in [2.05, 4.69) is 91.6 Å². The van der Waals surface area contributed by atoms with E-state index in [9.17, 15) is 0 Å². The number of fused-ring (bicyclic) bond motifs is 2. The molecular weight excluding hydrogens is 619 g/mol. The molecule has 0 radical (unpaired) electrons. The quantitative estimate of drug-likeness (QED) is 0.109. The Morgan fingerprint density at radius 2 is 1.34 bits per heavy atom. The normalized spacial score (nSPS) is 9.92. The number of rotatable bonds is 0. The van der Waals surface area contributed by atoms with Crippen LogP contribution in [0.1, 0.15) is 72.9 Å². The molecule has 5 N–H and O–H groups in total. The summed E-state index contributed by atoms with van der Waals surface area (Å²) in [5.41, 5.74) is 7.07. The van der Waals surface area contributed by atoms with Crippen LogP contribution in [0.5, 0.6) is 0 Å². The summed E-state index contributed by atoms with van der Waals surface area (Å²) in [7, 11) is 0. The second-order valence-electron chi connectivity index (χ2n) is 10.3. The van der Waals surface area contributed by atoms with E-state index in [-0.39, 0.29) is 37.1 Å². The molecule has 2 aromatic carbocycles. The van der Waals surface area contributed by atoms with Gasteiger partial charge in [0.15, 0.2) is 0 Å². The van der Waals surface area contributed by atoms with Crippen molar-refractivity contribution in [2.45, 2.75) is 78.7 Å². The van der Waals surface area contributed by atoms with Crippen molar-refractivity contribution in [3.63, 3.8) is 0 Å². The zero-order valence-corrected chi connectivity index (χ0v) is 27.1. The fraction of sp³-hybridized carbons (Fsp3) is 0.286. The highest BCUT2D eigenvalue weighted by atomic mass is 16.3. The molecule has 1 aliphatic rings. The molecule has 50 heavy (non-hydrogen) atoms. The maximum absolute atomic E-state index is 4.83. The number of dihydropyridines is 1. The van der Waals surface area contributed by atoms with Crippen molar-refractivity contribution in [2.75, 3.05) is 6.54 Å². The summed E-state index contributed by atoms with van der Waals surface area (Å²) in [6.45, 7) is 12.9. The Balaban J connectivity index is -0.000000527. The zero-order valence-electron chi connectivity index (χ0n) is 27.1. The Hall–Kier alpha value is -5.50. The monoisotopic (exact) mass is 684 g/mol. The number of imidazole rings is 2. The van der Waals surface area contributed by atoms with Crippen LogP contribution in [0, 0.1) is 34.6 Å². The molecule has 8 heteroatoms. The van der Waals surface area contributed by atoms with Crippen molar-refractivity contribution in [1.29, 1.82) is 0 Å². The first-order valence-corrected chi connectivity index (χ1v) is 14.9. The summed E-state index contributed by atoms with van der Waals surface area (Å²) in [5.74, 6) is 2.91. The predicted molar refractivity (Wildman–Crippen MR) is 221 cm³/mol. The number of nitrogens with one attached hydrogen (secondary N) is 5. The van der Waals surface area contributed by atoms with Crippen molar-refractivity contribution < 1.29 is 4.42 Å². The molecule has 0 amide bonds. The third-order valence-corrected chi connectivity index (χ3v) is 6.21. The van der Waals surface area contributed by atoms with Crippen molar-refractivity contribution in [2.24, 2.45) is 0 Å². The van der Waals surface area contributed by atoms with Crippen molar-refractivity contribution >= 4 is 21.9 Å². The zero-order chi connectivity index (χ0) is 32.3. The van der Waals surface area contributed by atoms with Gasteiger partial charge in [0.25, 0.3) is 0 Å². The average molecular weight is 684 g/mol. The smallest absolute Gasteiger partial charge is 0.104 e. The number of aromatic amines is 4. The highest BCUT2D eigenvalue weighted by Gasteiger charge is 1.94. The predicted octanol–water partition coefficient (Wildman–Crippen LogP) is 12.2. The molecule has 274 valence electrons. The minimum atomic E-state index is 0. The lowest BCUT2D eigenvalue weighted by molar-refractivity contribution is 0.534. The lowest BCUT2D eigenvalue weighted by atomic mass is 10.2. The Morgan fingerprint density at radius 1 is 0.640 bits per heavy atom. The molecule has 0 aliphatic carbocycles. The van der Waals surface area contributed by atoms with E-state index in [1.165, 1.54) is 28.0 Å². The molecule has 5 aromatic heterocycles. The number of benzene rings is 2. The summed E-state index contributed by atoms with van der Waals surface area (Å²) in [5, 5.41) is 4.45. The van der Waals surface area contributed by atoms with Crippen LogP contribution in [0.25, 0.3) is 21.9 Å². The number of hydrogen-bond acceptors (Lipinski definition) is 4. The van der Waals surface area contributed by atoms with Gasteiger partial charge >= 0.3 is 0 Å². The van der Waals surface area contributed by atoms with E-state index in [1.807, 2.05) is 88.5 Å². The van der Waals surface area contributed by atoms with Crippen LogP contribution in [0.15, 0.2) is 132 Å². The molecule has 7 aromatic rings. The topological polar surface area (TPSA) is 114 Å². The number of H-pyrrole nitrogens is 4. The van der Waals surface area contributed by atoms with Crippen molar-refractivity contribution in [3.8, 4) is 0 Å². The number of allylic oxidation sites excluding steroid dienone is 3. The third-order valence-electron chi connectivity index (χ3n) is 6.21. The number of hydrogen-bond donors (Lipinski definition) is 5. The van der Waals surface area contributed by atoms with Gasteiger partial charge in [-0.2, -0.15) is 0 Å².